The fraction of sp³-hybridized carbons (Fsp3) is 0.357. The minimum Gasteiger partial charge on any atom is -0.326 e. The van der Waals surface area contributed by atoms with E-state index in [9.17, 15) is 4.79 Å². The van der Waals surface area contributed by atoms with Crippen LogP contribution in [-0.2, 0) is 4.79 Å². The molecule has 0 unspecified atom stereocenters. The van der Waals surface area contributed by atoms with Crippen molar-refractivity contribution < 1.29 is 4.79 Å². The van der Waals surface area contributed by atoms with Gasteiger partial charge in [-0.15, -0.1) is 0 Å². The maximum absolute atomic E-state index is 11.8. The number of anilines is 1. The molecule has 2 rings (SSSR count). The molecule has 21 heavy (non-hydrogen) atoms. The van der Waals surface area contributed by atoms with Crippen molar-refractivity contribution >= 4 is 46.5 Å². The number of aryl methyl sites for hydroxylation is 1. The summed E-state index contributed by atoms with van der Waals surface area (Å²) in [5, 5.41) is 3.52. The van der Waals surface area contributed by atoms with Gasteiger partial charge in [0.1, 0.15) is 5.82 Å². The van der Waals surface area contributed by atoms with Crippen LogP contribution in [0.1, 0.15) is 25.1 Å². The van der Waals surface area contributed by atoms with E-state index in [-0.39, 0.29) is 5.91 Å². The number of carbonyl (C=O) groups is 1. The van der Waals surface area contributed by atoms with Gasteiger partial charge < -0.3 is 5.32 Å². The zero-order valence-corrected chi connectivity index (χ0v) is 14.0. The maximum Gasteiger partial charge on any atom is 0.224 e. The van der Waals surface area contributed by atoms with Gasteiger partial charge in [0.15, 0.2) is 4.34 Å². The Bertz CT molecular complexity index is 586. The maximum atomic E-state index is 11.8. The zero-order chi connectivity index (χ0) is 15.1. The number of benzene rings is 1. The highest BCUT2D eigenvalue weighted by atomic mass is 35.5. The number of carbonyl (C=O) groups excluding carboxylic acids is 1. The Labute approximate surface area is 137 Å². The van der Waals surface area contributed by atoms with Crippen molar-refractivity contribution in [2.45, 2.75) is 30.5 Å². The lowest BCUT2D eigenvalue weighted by Crippen LogP contribution is -2.10. The number of hydrogen-bond donors (Lipinski definition) is 1. The molecule has 1 aromatic carbocycles. The molecule has 1 N–H and O–H groups in total. The smallest absolute Gasteiger partial charge is 0.224 e. The molecule has 0 aliphatic rings. The summed E-state index contributed by atoms with van der Waals surface area (Å²) >= 11 is 8.92. The molecule has 0 aliphatic carbocycles. The Hall–Kier alpha value is -1.11. The van der Waals surface area contributed by atoms with E-state index in [1.807, 2.05) is 6.92 Å². The minimum absolute atomic E-state index is 0.0362. The fourth-order valence-corrected chi connectivity index (χ4v) is 3.48. The molecule has 4 nitrogen and oxygen atoms in total. The van der Waals surface area contributed by atoms with E-state index in [0.29, 0.717) is 11.4 Å². The van der Waals surface area contributed by atoms with Crippen LogP contribution in [-0.4, -0.2) is 21.0 Å². The summed E-state index contributed by atoms with van der Waals surface area (Å²) in [4.78, 5) is 16.0. The molecule has 7 heteroatoms. The number of amides is 1. The van der Waals surface area contributed by atoms with Crippen molar-refractivity contribution in [3.05, 3.63) is 35.1 Å². The molecule has 0 atom stereocenters. The number of unbranched alkanes of at least 4 members (excludes halogenated alkanes) is 1. The molecule has 112 valence electrons. The SMILES string of the molecule is Cc1nsc(SCCCCC(=O)Nc2ccc(Cl)cc2)n1. The number of nitrogens with one attached hydrogen (secondary N) is 1. The third-order valence-corrected chi connectivity index (χ3v) is 4.92. The summed E-state index contributed by atoms with van der Waals surface area (Å²) in [6.45, 7) is 1.89. The van der Waals surface area contributed by atoms with Crippen LogP contribution < -0.4 is 5.32 Å². The van der Waals surface area contributed by atoms with Crippen LogP contribution in [0.2, 0.25) is 5.02 Å². The number of thioether (sulfide) groups is 1. The monoisotopic (exact) mass is 341 g/mol. The summed E-state index contributed by atoms with van der Waals surface area (Å²) in [6, 6.07) is 7.12. The predicted octanol–water partition coefficient (Wildman–Crippen LogP) is 4.40. The number of hydrogen-bond acceptors (Lipinski definition) is 5. The van der Waals surface area contributed by atoms with Crippen molar-refractivity contribution in [3.63, 3.8) is 0 Å². The quantitative estimate of drug-likeness (QED) is 0.599. The molecule has 0 aliphatic heterocycles. The van der Waals surface area contributed by atoms with Crippen LogP contribution >= 0.6 is 34.9 Å². The van der Waals surface area contributed by atoms with Crippen LogP contribution in [0.3, 0.4) is 0 Å². The average Bonchev–Trinajstić information content (AvgIpc) is 2.87. The van der Waals surface area contributed by atoms with Gasteiger partial charge in [0, 0.05) is 22.9 Å². The molecule has 0 fully saturated rings. The van der Waals surface area contributed by atoms with Gasteiger partial charge in [-0.25, -0.2) is 4.98 Å². The van der Waals surface area contributed by atoms with Gasteiger partial charge in [-0.05, 0) is 55.6 Å². The van der Waals surface area contributed by atoms with Crippen LogP contribution in [0, 0.1) is 6.92 Å². The van der Waals surface area contributed by atoms with E-state index in [4.69, 9.17) is 11.6 Å². The topological polar surface area (TPSA) is 54.9 Å². The first-order chi connectivity index (χ1) is 10.1. The number of nitrogens with zero attached hydrogens (tertiary/aromatic N) is 2. The Morgan fingerprint density at radius 2 is 2.10 bits per heavy atom. The first-order valence-electron chi connectivity index (χ1n) is 6.62. The molecular weight excluding hydrogens is 326 g/mol. The third-order valence-electron chi connectivity index (χ3n) is 2.66. The zero-order valence-electron chi connectivity index (χ0n) is 11.6. The lowest BCUT2D eigenvalue weighted by molar-refractivity contribution is -0.116. The first-order valence-corrected chi connectivity index (χ1v) is 8.76. The van der Waals surface area contributed by atoms with E-state index < -0.39 is 0 Å². The van der Waals surface area contributed by atoms with Crippen LogP contribution in [0.4, 0.5) is 5.69 Å². The van der Waals surface area contributed by atoms with E-state index in [1.54, 1.807) is 36.0 Å². The van der Waals surface area contributed by atoms with Crippen molar-refractivity contribution in [2.24, 2.45) is 0 Å². The average molecular weight is 342 g/mol. The summed E-state index contributed by atoms with van der Waals surface area (Å²) in [5.41, 5.74) is 0.781. The highest BCUT2D eigenvalue weighted by molar-refractivity contribution is 8.00. The molecule has 0 saturated carbocycles. The molecule has 2 aromatic rings. The Morgan fingerprint density at radius 1 is 1.33 bits per heavy atom. The van der Waals surface area contributed by atoms with Gasteiger partial charge in [0.05, 0.1) is 0 Å². The molecule has 1 aromatic heterocycles. The van der Waals surface area contributed by atoms with Gasteiger partial charge in [0.2, 0.25) is 5.91 Å². The van der Waals surface area contributed by atoms with Crippen LogP contribution in [0.5, 0.6) is 0 Å². The lowest BCUT2D eigenvalue weighted by Gasteiger charge is -2.05. The van der Waals surface area contributed by atoms with Gasteiger partial charge in [-0.1, -0.05) is 23.4 Å². The first kappa shape index (κ1) is 16.3. The molecule has 0 saturated heterocycles. The van der Waals surface area contributed by atoms with E-state index in [0.717, 1.165) is 34.4 Å². The highest BCUT2D eigenvalue weighted by Crippen LogP contribution is 2.21. The summed E-state index contributed by atoms with van der Waals surface area (Å²) < 4.78 is 5.13. The van der Waals surface area contributed by atoms with Crippen molar-refractivity contribution in [1.29, 1.82) is 0 Å². The van der Waals surface area contributed by atoms with Crippen molar-refractivity contribution in [2.75, 3.05) is 11.1 Å². The second-order valence-electron chi connectivity index (χ2n) is 4.47. The minimum atomic E-state index is 0.0362. The molecule has 0 spiro atoms. The Kier molecular flexibility index (Phi) is 6.48. The molecule has 0 radical (unpaired) electrons. The van der Waals surface area contributed by atoms with Gasteiger partial charge >= 0.3 is 0 Å². The molecular formula is C14H16ClN3OS2. The molecule has 1 heterocycles. The van der Waals surface area contributed by atoms with E-state index in [2.05, 4.69) is 14.7 Å². The summed E-state index contributed by atoms with van der Waals surface area (Å²) in [5.74, 6) is 1.82. The number of aromatic nitrogens is 2. The van der Waals surface area contributed by atoms with Crippen LogP contribution in [0.15, 0.2) is 28.6 Å². The Balaban J connectivity index is 1.60. The highest BCUT2D eigenvalue weighted by Gasteiger charge is 2.04. The summed E-state index contributed by atoms with van der Waals surface area (Å²) in [7, 11) is 0. The second kappa shape index (κ2) is 8.36. The molecule has 1 amide bonds. The largest absolute Gasteiger partial charge is 0.326 e. The van der Waals surface area contributed by atoms with Crippen molar-refractivity contribution in [3.8, 4) is 0 Å². The third kappa shape index (κ3) is 6.03. The normalized spacial score (nSPS) is 10.6. The van der Waals surface area contributed by atoms with E-state index >= 15 is 0 Å². The Morgan fingerprint density at radius 3 is 2.76 bits per heavy atom. The van der Waals surface area contributed by atoms with Crippen LogP contribution in [0.25, 0.3) is 0 Å². The number of halogens is 1. The molecule has 0 bridgehead atoms. The fourth-order valence-electron chi connectivity index (χ4n) is 1.64. The summed E-state index contributed by atoms with van der Waals surface area (Å²) in [6.07, 6.45) is 2.37. The lowest BCUT2D eigenvalue weighted by atomic mass is 10.2. The second-order valence-corrected chi connectivity index (χ2v) is 7.00. The van der Waals surface area contributed by atoms with E-state index in [1.165, 1.54) is 11.5 Å². The predicted molar refractivity (Wildman–Crippen MR) is 89.3 cm³/mol. The number of rotatable bonds is 7. The van der Waals surface area contributed by atoms with Gasteiger partial charge in [-0.2, -0.15) is 4.37 Å². The van der Waals surface area contributed by atoms with Crippen molar-refractivity contribution in [1.82, 2.24) is 9.36 Å². The van der Waals surface area contributed by atoms with Gasteiger partial charge in [-0.3, -0.25) is 4.79 Å². The van der Waals surface area contributed by atoms with Gasteiger partial charge in [0.25, 0.3) is 0 Å². The standard InChI is InChI=1S/C14H16ClN3OS2/c1-10-16-14(21-18-10)20-9-3-2-4-13(19)17-12-7-5-11(15)6-8-12/h5-8H,2-4,9H2,1H3,(H,17,19).